The summed E-state index contributed by atoms with van der Waals surface area (Å²) in [6, 6.07) is 6.87. The van der Waals surface area contributed by atoms with Gasteiger partial charge >= 0.3 is 6.03 Å². The molecule has 23 heavy (non-hydrogen) atoms. The standard InChI is InChI=1S/C18H27N3O2/c1-12(2)6-7-14(5)20-18(22)21-16-10-15(11-19)8-9-17(16)23-13(3)4/h8-10,12-14H,6-7H2,1-5H3,(H2,20,21,22). The SMILES string of the molecule is CC(C)CCC(C)NC(=O)Nc1cc(C#N)ccc1OC(C)C. The molecule has 1 aromatic rings. The highest BCUT2D eigenvalue weighted by Crippen LogP contribution is 2.26. The average Bonchev–Trinajstić information content (AvgIpc) is 2.46. The summed E-state index contributed by atoms with van der Waals surface area (Å²) in [4.78, 5) is 12.1. The van der Waals surface area contributed by atoms with Crippen molar-refractivity contribution in [2.45, 2.75) is 59.6 Å². The van der Waals surface area contributed by atoms with Gasteiger partial charge in [0.05, 0.1) is 23.4 Å². The number of carbonyl (C=O) groups is 1. The first-order chi connectivity index (χ1) is 10.8. The summed E-state index contributed by atoms with van der Waals surface area (Å²) in [5.74, 6) is 1.17. The van der Waals surface area contributed by atoms with Gasteiger partial charge in [0.1, 0.15) is 5.75 Å². The van der Waals surface area contributed by atoms with Gasteiger partial charge in [-0.1, -0.05) is 13.8 Å². The maximum Gasteiger partial charge on any atom is 0.319 e. The molecule has 0 saturated carbocycles. The quantitative estimate of drug-likeness (QED) is 0.787. The van der Waals surface area contributed by atoms with Crippen molar-refractivity contribution in [2.24, 2.45) is 5.92 Å². The van der Waals surface area contributed by atoms with Crippen LogP contribution in [0.5, 0.6) is 5.75 Å². The van der Waals surface area contributed by atoms with Gasteiger partial charge in [0.25, 0.3) is 0 Å². The predicted molar refractivity (Wildman–Crippen MR) is 92.6 cm³/mol. The maximum absolute atomic E-state index is 12.1. The number of nitrogens with zero attached hydrogens (tertiary/aromatic N) is 1. The number of amides is 2. The van der Waals surface area contributed by atoms with Gasteiger partial charge in [-0.2, -0.15) is 5.26 Å². The number of anilines is 1. The van der Waals surface area contributed by atoms with Gasteiger partial charge in [0.15, 0.2) is 0 Å². The smallest absolute Gasteiger partial charge is 0.319 e. The first-order valence-electron chi connectivity index (χ1n) is 8.10. The van der Waals surface area contributed by atoms with Crippen LogP contribution in [0.25, 0.3) is 0 Å². The number of hydrogen-bond acceptors (Lipinski definition) is 3. The van der Waals surface area contributed by atoms with Gasteiger partial charge in [-0.3, -0.25) is 0 Å². The van der Waals surface area contributed by atoms with E-state index in [1.54, 1.807) is 18.2 Å². The molecule has 1 unspecified atom stereocenters. The zero-order chi connectivity index (χ0) is 17.4. The predicted octanol–water partition coefficient (Wildman–Crippen LogP) is 4.29. The fourth-order valence-corrected chi connectivity index (χ4v) is 2.09. The first kappa shape index (κ1) is 18.8. The number of nitrogens with one attached hydrogen (secondary N) is 2. The highest BCUT2D eigenvalue weighted by Gasteiger charge is 2.12. The fraction of sp³-hybridized carbons (Fsp3) is 0.556. The molecule has 0 radical (unpaired) electrons. The Kier molecular flexibility index (Phi) is 7.40. The summed E-state index contributed by atoms with van der Waals surface area (Å²) in [7, 11) is 0. The molecule has 0 saturated heterocycles. The van der Waals surface area contributed by atoms with Crippen LogP contribution < -0.4 is 15.4 Å². The van der Waals surface area contributed by atoms with Gasteiger partial charge in [-0.25, -0.2) is 4.79 Å². The molecule has 5 heteroatoms. The van der Waals surface area contributed by atoms with Crippen LogP contribution in [0.15, 0.2) is 18.2 Å². The molecule has 0 spiro atoms. The van der Waals surface area contributed by atoms with Crippen LogP contribution in [0.3, 0.4) is 0 Å². The number of nitriles is 1. The number of urea groups is 1. The van der Waals surface area contributed by atoms with Crippen molar-refractivity contribution in [3.63, 3.8) is 0 Å². The lowest BCUT2D eigenvalue weighted by molar-refractivity contribution is 0.240. The Labute approximate surface area is 139 Å². The number of rotatable bonds is 7. The van der Waals surface area contributed by atoms with E-state index in [1.165, 1.54) is 0 Å². The van der Waals surface area contributed by atoms with Gasteiger partial charge in [0, 0.05) is 6.04 Å². The molecule has 1 aromatic carbocycles. The monoisotopic (exact) mass is 317 g/mol. The lowest BCUT2D eigenvalue weighted by Crippen LogP contribution is -2.36. The molecule has 0 fully saturated rings. The second-order valence-electron chi connectivity index (χ2n) is 6.46. The van der Waals surface area contributed by atoms with E-state index in [0.717, 1.165) is 12.8 Å². The number of hydrogen-bond donors (Lipinski definition) is 2. The van der Waals surface area contributed by atoms with E-state index in [4.69, 9.17) is 10.00 Å². The second kappa shape index (κ2) is 9.04. The number of ether oxygens (including phenoxy) is 1. The third kappa shape index (κ3) is 7.05. The Morgan fingerprint density at radius 1 is 1.22 bits per heavy atom. The van der Waals surface area contributed by atoms with E-state index in [1.807, 2.05) is 20.8 Å². The summed E-state index contributed by atoms with van der Waals surface area (Å²) in [6.45, 7) is 10.1. The minimum atomic E-state index is -0.287. The van der Waals surface area contributed by atoms with E-state index in [9.17, 15) is 4.79 Å². The molecule has 0 bridgehead atoms. The molecular weight excluding hydrogens is 290 g/mol. The third-order valence-electron chi connectivity index (χ3n) is 3.27. The summed E-state index contributed by atoms with van der Waals surface area (Å²) >= 11 is 0. The molecule has 126 valence electrons. The molecule has 0 aliphatic carbocycles. The average molecular weight is 317 g/mol. The summed E-state index contributed by atoms with van der Waals surface area (Å²) in [5.41, 5.74) is 0.982. The number of benzene rings is 1. The minimum absolute atomic E-state index is 0.0171. The Morgan fingerprint density at radius 2 is 1.91 bits per heavy atom. The fourth-order valence-electron chi connectivity index (χ4n) is 2.09. The Hall–Kier alpha value is -2.22. The lowest BCUT2D eigenvalue weighted by Gasteiger charge is -2.18. The Bertz CT molecular complexity index is 562. The van der Waals surface area contributed by atoms with Crippen molar-refractivity contribution in [3.05, 3.63) is 23.8 Å². The molecule has 5 nitrogen and oxygen atoms in total. The highest BCUT2D eigenvalue weighted by atomic mass is 16.5. The van der Waals surface area contributed by atoms with E-state index in [2.05, 4.69) is 30.6 Å². The third-order valence-corrected chi connectivity index (χ3v) is 3.27. The van der Waals surface area contributed by atoms with Crippen molar-refractivity contribution in [1.82, 2.24) is 5.32 Å². The normalized spacial score (nSPS) is 11.9. The van der Waals surface area contributed by atoms with E-state index in [-0.39, 0.29) is 18.2 Å². The van der Waals surface area contributed by atoms with Gasteiger partial charge < -0.3 is 15.4 Å². The highest BCUT2D eigenvalue weighted by molar-refractivity contribution is 5.91. The maximum atomic E-state index is 12.1. The second-order valence-corrected chi connectivity index (χ2v) is 6.46. The van der Waals surface area contributed by atoms with Crippen LogP contribution >= 0.6 is 0 Å². The topological polar surface area (TPSA) is 74.2 Å². The van der Waals surface area contributed by atoms with Gasteiger partial charge in [-0.05, 0) is 57.7 Å². The van der Waals surface area contributed by atoms with E-state index >= 15 is 0 Å². The van der Waals surface area contributed by atoms with Crippen LogP contribution in [0.4, 0.5) is 10.5 Å². The molecule has 1 atom stereocenters. The zero-order valence-corrected chi connectivity index (χ0v) is 14.6. The van der Waals surface area contributed by atoms with E-state index in [0.29, 0.717) is 22.9 Å². The van der Waals surface area contributed by atoms with Crippen molar-refractivity contribution < 1.29 is 9.53 Å². The van der Waals surface area contributed by atoms with Crippen LogP contribution in [0, 0.1) is 17.2 Å². The Morgan fingerprint density at radius 3 is 2.48 bits per heavy atom. The zero-order valence-electron chi connectivity index (χ0n) is 14.6. The molecule has 0 aromatic heterocycles. The molecule has 0 aliphatic rings. The molecule has 1 rings (SSSR count). The van der Waals surface area contributed by atoms with Crippen LogP contribution in [0.2, 0.25) is 0 Å². The summed E-state index contributed by atoms with van der Waals surface area (Å²) in [6.07, 6.45) is 1.97. The van der Waals surface area contributed by atoms with Crippen LogP contribution in [-0.4, -0.2) is 18.2 Å². The van der Waals surface area contributed by atoms with Crippen molar-refractivity contribution in [2.75, 3.05) is 5.32 Å². The first-order valence-corrected chi connectivity index (χ1v) is 8.10. The molecule has 2 N–H and O–H groups in total. The lowest BCUT2D eigenvalue weighted by atomic mass is 10.0. The van der Waals surface area contributed by atoms with Crippen LogP contribution in [-0.2, 0) is 0 Å². The van der Waals surface area contributed by atoms with Gasteiger partial charge in [-0.15, -0.1) is 0 Å². The molecular formula is C18H27N3O2. The Balaban J connectivity index is 2.74. The summed E-state index contributed by atoms with van der Waals surface area (Å²) < 4.78 is 5.68. The van der Waals surface area contributed by atoms with Gasteiger partial charge in [0.2, 0.25) is 0 Å². The summed E-state index contributed by atoms with van der Waals surface area (Å²) in [5, 5.41) is 14.7. The van der Waals surface area contributed by atoms with Crippen molar-refractivity contribution in [3.8, 4) is 11.8 Å². The largest absolute Gasteiger partial charge is 0.489 e. The van der Waals surface area contributed by atoms with Crippen molar-refractivity contribution >= 4 is 11.7 Å². The minimum Gasteiger partial charge on any atom is -0.489 e. The molecule has 0 aliphatic heterocycles. The van der Waals surface area contributed by atoms with E-state index < -0.39 is 0 Å². The molecule has 0 heterocycles. The van der Waals surface area contributed by atoms with Crippen LogP contribution in [0.1, 0.15) is 53.0 Å². The van der Waals surface area contributed by atoms with Crippen molar-refractivity contribution in [1.29, 1.82) is 5.26 Å². The molecule has 2 amide bonds. The number of carbonyl (C=O) groups excluding carboxylic acids is 1.